The lowest BCUT2D eigenvalue weighted by atomic mass is 10.1. The zero-order valence-corrected chi connectivity index (χ0v) is 13.3. The molecule has 7 heteroatoms. The number of halogens is 2. The fourth-order valence-electron chi connectivity index (χ4n) is 1.80. The highest BCUT2D eigenvalue weighted by Gasteiger charge is 2.23. The molecule has 2 aromatic rings. The molecule has 0 bridgehead atoms. The van der Waals surface area contributed by atoms with Gasteiger partial charge in [-0.1, -0.05) is 29.5 Å². The van der Waals surface area contributed by atoms with Gasteiger partial charge in [0, 0.05) is 5.69 Å². The summed E-state index contributed by atoms with van der Waals surface area (Å²) in [4.78, 5) is 13.9. The molecule has 0 radical (unpaired) electrons. The number of carbonyl (C=O) groups is 1. The topological polar surface area (TPSA) is 46.1 Å². The third kappa shape index (κ3) is 3.48. The van der Waals surface area contributed by atoms with Crippen LogP contribution in [0.4, 0.5) is 5.69 Å². The molecular formula is C13H13Cl2N3OS. The fourth-order valence-corrected chi connectivity index (χ4v) is 2.77. The second kappa shape index (κ2) is 6.52. The van der Waals surface area contributed by atoms with Crippen LogP contribution in [0.5, 0.6) is 0 Å². The molecule has 1 aromatic heterocycles. The smallest absolute Gasteiger partial charge is 0.245 e. The Hall–Kier alpha value is -1.17. The third-order valence-corrected chi connectivity index (χ3v) is 3.94. The molecule has 4 nitrogen and oxygen atoms in total. The summed E-state index contributed by atoms with van der Waals surface area (Å²) in [5.41, 5.74) is 1.81. The number of carbonyl (C=O) groups excluding carboxylic acids is 1. The summed E-state index contributed by atoms with van der Waals surface area (Å²) in [6.07, 6.45) is 0. The molecule has 0 fully saturated rings. The van der Waals surface area contributed by atoms with Crippen LogP contribution in [0.1, 0.15) is 17.5 Å². The first kappa shape index (κ1) is 15.2. The molecule has 0 N–H and O–H groups in total. The second-order valence-electron chi connectivity index (χ2n) is 4.28. The first-order valence-electron chi connectivity index (χ1n) is 5.98. The number of nitrogens with zero attached hydrogens (tertiary/aromatic N) is 3. The Labute approximate surface area is 131 Å². The van der Waals surface area contributed by atoms with E-state index in [2.05, 4.69) is 10.2 Å². The molecule has 0 spiro atoms. The summed E-state index contributed by atoms with van der Waals surface area (Å²) < 4.78 is 0.358. The molecule has 1 aromatic carbocycles. The van der Waals surface area contributed by atoms with Gasteiger partial charge in [-0.05, 0) is 37.1 Å². The van der Waals surface area contributed by atoms with Gasteiger partial charge in [0.25, 0.3) is 0 Å². The van der Waals surface area contributed by atoms with Gasteiger partial charge in [0.05, 0.1) is 6.54 Å². The summed E-state index contributed by atoms with van der Waals surface area (Å²) in [6.45, 7) is 3.91. The van der Waals surface area contributed by atoms with Crippen molar-refractivity contribution in [2.75, 3.05) is 4.90 Å². The summed E-state index contributed by atoms with van der Waals surface area (Å²) in [7, 11) is 0. The molecule has 0 saturated carbocycles. The van der Waals surface area contributed by atoms with E-state index in [1.54, 1.807) is 11.8 Å². The maximum absolute atomic E-state index is 12.3. The quantitative estimate of drug-likeness (QED) is 0.804. The van der Waals surface area contributed by atoms with Crippen molar-refractivity contribution in [2.45, 2.75) is 25.8 Å². The van der Waals surface area contributed by atoms with Gasteiger partial charge >= 0.3 is 0 Å². The number of aryl methyl sites for hydroxylation is 1. The van der Waals surface area contributed by atoms with Gasteiger partial charge in [0.1, 0.15) is 10.4 Å². The minimum atomic E-state index is -0.613. The first-order chi connectivity index (χ1) is 9.49. The van der Waals surface area contributed by atoms with Crippen molar-refractivity contribution < 1.29 is 4.79 Å². The molecule has 2 rings (SSSR count). The van der Waals surface area contributed by atoms with Crippen LogP contribution >= 0.6 is 34.5 Å². The van der Waals surface area contributed by atoms with Crippen molar-refractivity contribution >= 4 is 46.1 Å². The summed E-state index contributed by atoms with van der Waals surface area (Å²) in [5.74, 6) is -0.174. The Bertz CT molecular complexity index is 615. The summed E-state index contributed by atoms with van der Waals surface area (Å²) >= 11 is 13.0. The van der Waals surface area contributed by atoms with Crippen molar-refractivity contribution in [1.29, 1.82) is 0 Å². The molecular weight excluding hydrogens is 317 g/mol. The van der Waals surface area contributed by atoms with Crippen LogP contribution in [0, 0.1) is 6.92 Å². The highest BCUT2D eigenvalue weighted by molar-refractivity contribution is 7.15. The van der Waals surface area contributed by atoms with E-state index in [1.165, 1.54) is 11.3 Å². The standard InChI is InChI=1S/C13H13Cl2N3OS/c1-8-5-3-4-6-10(8)18(12(19)9(2)14)7-11-16-17-13(15)20-11/h3-6,9H,7H2,1-2H3. The van der Waals surface area contributed by atoms with Gasteiger partial charge in [-0.3, -0.25) is 4.79 Å². The molecule has 1 atom stereocenters. The van der Waals surface area contributed by atoms with Crippen LogP contribution < -0.4 is 4.90 Å². The third-order valence-electron chi connectivity index (χ3n) is 2.75. The molecule has 0 aliphatic heterocycles. The zero-order valence-electron chi connectivity index (χ0n) is 11.0. The molecule has 1 unspecified atom stereocenters. The van der Waals surface area contributed by atoms with E-state index in [9.17, 15) is 4.79 Å². The number of anilines is 1. The van der Waals surface area contributed by atoms with Crippen LogP contribution in [-0.4, -0.2) is 21.5 Å². The maximum Gasteiger partial charge on any atom is 0.245 e. The number of aromatic nitrogens is 2. The molecule has 1 amide bonds. The first-order valence-corrected chi connectivity index (χ1v) is 7.61. The second-order valence-corrected chi connectivity index (χ2v) is 6.57. The molecule has 0 saturated heterocycles. The summed E-state index contributed by atoms with van der Waals surface area (Å²) in [5, 5.41) is 7.76. The van der Waals surface area contributed by atoms with Crippen molar-refractivity contribution in [3.05, 3.63) is 39.3 Å². The van der Waals surface area contributed by atoms with Crippen molar-refractivity contribution in [3.63, 3.8) is 0 Å². The van der Waals surface area contributed by atoms with Gasteiger partial charge in [0.2, 0.25) is 10.4 Å². The number of benzene rings is 1. The highest BCUT2D eigenvalue weighted by Crippen LogP contribution is 2.25. The number of rotatable bonds is 4. The Morgan fingerprint density at radius 2 is 2.10 bits per heavy atom. The molecule has 0 aliphatic rings. The van der Waals surface area contributed by atoms with E-state index in [-0.39, 0.29) is 5.91 Å². The van der Waals surface area contributed by atoms with Crippen molar-refractivity contribution in [1.82, 2.24) is 10.2 Å². The largest absolute Gasteiger partial charge is 0.304 e. The summed E-state index contributed by atoms with van der Waals surface area (Å²) in [6, 6.07) is 7.64. The highest BCUT2D eigenvalue weighted by atomic mass is 35.5. The molecule has 106 valence electrons. The van der Waals surface area contributed by atoms with Gasteiger partial charge < -0.3 is 4.90 Å². The Morgan fingerprint density at radius 3 is 2.65 bits per heavy atom. The average Bonchev–Trinajstić information content (AvgIpc) is 2.81. The maximum atomic E-state index is 12.3. The van der Waals surface area contributed by atoms with Gasteiger partial charge in [-0.25, -0.2) is 0 Å². The predicted octanol–water partition coefficient (Wildman–Crippen LogP) is 3.66. The minimum Gasteiger partial charge on any atom is -0.304 e. The Balaban J connectivity index is 2.35. The monoisotopic (exact) mass is 329 g/mol. The minimum absolute atomic E-state index is 0.174. The number of amides is 1. The van der Waals surface area contributed by atoms with Crippen LogP contribution in [-0.2, 0) is 11.3 Å². The van der Waals surface area contributed by atoms with E-state index in [0.29, 0.717) is 16.0 Å². The molecule has 20 heavy (non-hydrogen) atoms. The van der Waals surface area contributed by atoms with E-state index in [4.69, 9.17) is 23.2 Å². The molecule has 0 aliphatic carbocycles. The van der Waals surface area contributed by atoms with Gasteiger partial charge in [0.15, 0.2) is 0 Å². The average molecular weight is 330 g/mol. The van der Waals surface area contributed by atoms with Crippen LogP contribution in [0.25, 0.3) is 0 Å². The van der Waals surface area contributed by atoms with Crippen LogP contribution in [0.3, 0.4) is 0 Å². The lowest BCUT2D eigenvalue weighted by molar-refractivity contribution is -0.118. The van der Waals surface area contributed by atoms with Crippen molar-refractivity contribution in [3.8, 4) is 0 Å². The SMILES string of the molecule is Cc1ccccc1N(Cc1nnc(Cl)s1)C(=O)C(C)Cl. The number of hydrogen-bond acceptors (Lipinski definition) is 4. The predicted molar refractivity (Wildman–Crippen MR) is 82.6 cm³/mol. The van der Waals surface area contributed by atoms with E-state index < -0.39 is 5.38 Å². The normalized spacial score (nSPS) is 12.2. The number of hydrogen-bond donors (Lipinski definition) is 0. The Morgan fingerprint density at radius 1 is 1.40 bits per heavy atom. The van der Waals surface area contributed by atoms with E-state index >= 15 is 0 Å². The van der Waals surface area contributed by atoms with Crippen LogP contribution in [0.2, 0.25) is 4.47 Å². The van der Waals surface area contributed by atoms with Crippen LogP contribution in [0.15, 0.2) is 24.3 Å². The van der Waals surface area contributed by atoms with Gasteiger partial charge in [-0.15, -0.1) is 21.8 Å². The lowest BCUT2D eigenvalue weighted by Gasteiger charge is -2.24. The molecule has 1 heterocycles. The van der Waals surface area contributed by atoms with Crippen molar-refractivity contribution in [2.24, 2.45) is 0 Å². The number of alkyl halides is 1. The van der Waals surface area contributed by atoms with Gasteiger partial charge in [-0.2, -0.15) is 0 Å². The lowest BCUT2D eigenvalue weighted by Crippen LogP contribution is -2.35. The zero-order chi connectivity index (χ0) is 14.7. The van der Waals surface area contributed by atoms with E-state index in [1.807, 2.05) is 31.2 Å². The van der Waals surface area contributed by atoms with E-state index in [0.717, 1.165) is 11.3 Å². The Kier molecular flexibility index (Phi) is 4.96. The fraction of sp³-hybridized carbons (Fsp3) is 0.308. The number of para-hydroxylation sites is 1.